The highest BCUT2D eigenvalue weighted by Crippen LogP contribution is 2.44. The number of nitrogen functional groups attached to an aromatic ring is 1. The zero-order valence-corrected chi connectivity index (χ0v) is 11.1. The molecule has 0 atom stereocenters. The maximum atomic E-state index is 12.2. The highest BCUT2D eigenvalue weighted by Gasteiger charge is 2.42. The predicted octanol–water partition coefficient (Wildman–Crippen LogP) is 1.17. The van der Waals surface area contributed by atoms with E-state index < -0.39 is 0 Å². The van der Waals surface area contributed by atoms with Crippen LogP contribution in [-0.2, 0) is 0 Å². The molecule has 1 saturated carbocycles. The SMILES string of the molecule is CCOc1c(N)cccc1C(=O)NCC1(CO)CC1. The van der Waals surface area contributed by atoms with Gasteiger partial charge in [-0.15, -0.1) is 0 Å². The second-order valence-corrected chi connectivity index (χ2v) is 5.00. The van der Waals surface area contributed by atoms with E-state index in [-0.39, 0.29) is 17.9 Å². The number of hydrogen-bond acceptors (Lipinski definition) is 4. The first kappa shape index (κ1) is 13.7. The second-order valence-electron chi connectivity index (χ2n) is 5.00. The van der Waals surface area contributed by atoms with Crippen LogP contribution in [0.25, 0.3) is 0 Å². The van der Waals surface area contributed by atoms with Crippen LogP contribution in [0.1, 0.15) is 30.1 Å². The molecule has 1 aliphatic rings. The minimum Gasteiger partial charge on any atom is -0.491 e. The maximum absolute atomic E-state index is 12.2. The number of nitrogens with one attached hydrogen (secondary N) is 1. The summed E-state index contributed by atoms with van der Waals surface area (Å²) >= 11 is 0. The topological polar surface area (TPSA) is 84.6 Å². The number of rotatable bonds is 6. The van der Waals surface area contributed by atoms with Crippen molar-refractivity contribution in [3.05, 3.63) is 23.8 Å². The molecule has 1 aromatic rings. The summed E-state index contributed by atoms with van der Waals surface area (Å²) in [5, 5.41) is 12.1. The molecular weight excluding hydrogens is 244 g/mol. The van der Waals surface area contributed by atoms with Gasteiger partial charge in [0, 0.05) is 12.0 Å². The molecule has 1 aromatic carbocycles. The van der Waals surface area contributed by atoms with Crippen molar-refractivity contribution < 1.29 is 14.6 Å². The Balaban J connectivity index is 2.08. The van der Waals surface area contributed by atoms with Crippen molar-refractivity contribution in [3.8, 4) is 5.75 Å². The lowest BCUT2D eigenvalue weighted by molar-refractivity contribution is 0.0931. The molecule has 0 radical (unpaired) electrons. The lowest BCUT2D eigenvalue weighted by Gasteiger charge is -2.15. The Hall–Kier alpha value is -1.75. The van der Waals surface area contributed by atoms with Gasteiger partial charge in [0.05, 0.1) is 24.5 Å². The Kier molecular flexibility index (Phi) is 3.95. The number of hydrogen-bond donors (Lipinski definition) is 3. The van der Waals surface area contributed by atoms with E-state index in [2.05, 4.69) is 5.32 Å². The second kappa shape index (κ2) is 5.48. The zero-order chi connectivity index (χ0) is 13.9. The third-order valence-corrected chi connectivity index (χ3v) is 3.50. The molecule has 5 nitrogen and oxygen atoms in total. The van der Waals surface area contributed by atoms with Gasteiger partial charge in [0.2, 0.25) is 0 Å². The van der Waals surface area contributed by atoms with Crippen LogP contribution < -0.4 is 15.8 Å². The highest BCUT2D eigenvalue weighted by molar-refractivity contribution is 5.98. The molecule has 0 aromatic heterocycles. The van der Waals surface area contributed by atoms with Crippen LogP contribution >= 0.6 is 0 Å². The van der Waals surface area contributed by atoms with Crippen molar-refractivity contribution in [2.24, 2.45) is 5.41 Å². The monoisotopic (exact) mass is 264 g/mol. The Morgan fingerprint density at radius 2 is 2.26 bits per heavy atom. The van der Waals surface area contributed by atoms with Crippen LogP contribution in [0.3, 0.4) is 0 Å². The number of nitrogens with two attached hydrogens (primary N) is 1. The summed E-state index contributed by atoms with van der Waals surface area (Å²) in [4.78, 5) is 12.2. The van der Waals surface area contributed by atoms with Crippen molar-refractivity contribution in [1.82, 2.24) is 5.32 Å². The number of ether oxygens (including phenoxy) is 1. The fourth-order valence-corrected chi connectivity index (χ4v) is 1.97. The minimum absolute atomic E-state index is 0.109. The first-order valence-corrected chi connectivity index (χ1v) is 6.52. The van der Waals surface area contributed by atoms with Crippen molar-refractivity contribution in [2.75, 3.05) is 25.5 Å². The first-order valence-electron chi connectivity index (χ1n) is 6.52. The number of benzene rings is 1. The Morgan fingerprint density at radius 1 is 1.53 bits per heavy atom. The van der Waals surface area contributed by atoms with Crippen LogP contribution in [0.2, 0.25) is 0 Å². The average Bonchev–Trinajstić information content (AvgIpc) is 3.19. The fourth-order valence-electron chi connectivity index (χ4n) is 1.97. The smallest absolute Gasteiger partial charge is 0.255 e. The van der Waals surface area contributed by atoms with Crippen molar-refractivity contribution in [1.29, 1.82) is 0 Å². The van der Waals surface area contributed by atoms with E-state index in [0.29, 0.717) is 30.2 Å². The molecule has 4 N–H and O–H groups in total. The molecule has 19 heavy (non-hydrogen) atoms. The van der Waals surface area contributed by atoms with E-state index >= 15 is 0 Å². The van der Waals surface area contributed by atoms with Crippen LogP contribution in [0.5, 0.6) is 5.75 Å². The molecule has 1 amide bonds. The molecular formula is C14H20N2O3. The third-order valence-electron chi connectivity index (χ3n) is 3.50. The van der Waals surface area contributed by atoms with E-state index in [1.807, 2.05) is 6.92 Å². The van der Waals surface area contributed by atoms with Gasteiger partial charge in [-0.25, -0.2) is 0 Å². The summed E-state index contributed by atoms with van der Waals surface area (Å²) < 4.78 is 5.43. The van der Waals surface area contributed by atoms with Crippen LogP contribution in [0.4, 0.5) is 5.69 Å². The molecule has 0 aliphatic heterocycles. The minimum atomic E-state index is -0.213. The highest BCUT2D eigenvalue weighted by atomic mass is 16.5. The van der Waals surface area contributed by atoms with Crippen LogP contribution in [-0.4, -0.2) is 30.8 Å². The molecule has 0 unspecified atom stereocenters. The van der Waals surface area contributed by atoms with Crippen molar-refractivity contribution in [2.45, 2.75) is 19.8 Å². The molecule has 0 saturated heterocycles. The number of para-hydroxylation sites is 1. The van der Waals surface area contributed by atoms with Crippen LogP contribution in [0, 0.1) is 5.41 Å². The van der Waals surface area contributed by atoms with Gasteiger partial charge in [-0.05, 0) is 31.9 Å². The van der Waals surface area contributed by atoms with E-state index in [9.17, 15) is 9.90 Å². The largest absolute Gasteiger partial charge is 0.491 e. The Labute approximate surface area is 112 Å². The summed E-state index contributed by atoms with van der Waals surface area (Å²) in [6.07, 6.45) is 1.91. The normalized spacial score (nSPS) is 15.9. The number of carbonyl (C=O) groups is 1. The zero-order valence-electron chi connectivity index (χ0n) is 11.1. The van der Waals surface area contributed by atoms with E-state index in [1.54, 1.807) is 18.2 Å². The summed E-state index contributed by atoms with van der Waals surface area (Å²) in [6, 6.07) is 5.12. The standard InChI is InChI=1S/C14H20N2O3/c1-2-19-12-10(4-3-5-11(12)15)13(18)16-8-14(9-17)6-7-14/h3-5,17H,2,6-9,15H2,1H3,(H,16,18). The number of anilines is 1. The maximum Gasteiger partial charge on any atom is 0.255 e. The number of aliphatic hydroxyl groups is 1. The van der Waals surface area contributed by atoms with E-state index in [1.165, 1.54) is 0 Å². The van der Waals surface area contributed by atoms with Gasteiger partial charge in [0.25, 0.3) is 5.91 Å². The van der Waals surface area contributed by atoms with Gasteiger partial charge in [-0.1, -0.05) is 6.07 Å². The summed E-state index contributed by atoms with van der Waals surface area (Å²) in [5.41, 5.74) is 6.61. The van der Waals surface area contributed by atoms with Gasteiger partial charge in [-0.3, -0.25) is 4.79 Å². The quantitative estimate of drug-likeness (QED) is 0.673. The molecule has 1 aliphatic carbocycles. The molecule has 0 heterocycles. The van der Waals surface area contributed by atoms with Crippen molar-refractivity contribution >= 4 is 11.6 Å². The van der Waals surface area contributed by atoms with Crippen LogP contribution in [0.15, 0.2) is 18.2 Å². The lowest BCUT2D eigenvalue weighted by atomic mass is 10.1. The van der Waals surface area contributed by atoms with E-state index in [0.717, 1.165) is 12.8 Å². The molecule has 104 valence electrons. The van der Waals surface area contributed by atoms with Gasteiger partial charge < -0.3 is 20.9 Å². The molecule has 1 fully saturated rings. The third kappa shape index (κ3) is 2.98. The fraction of sp³-hybridized carbons (Fsp3) is 0.500. The first-order chi connectivity index (χ1) is 9.12. The van der Waals surface area contributed by atoms with Gasteiger partial charge >= 0.3 is 0 Å². The number of carbonyl (C=O) groups excluding carboxylic acids is 1. The van der Waals surface area contributed by atoms with E-state index in [4.69, 9.17) is 10.5 Å². The lowest BCUT2D eigenvalue weighted by Crippen LogP contribution is -2.32. The molecule has 0 bridgehead atoms. The van der Waals surface area contributed by atoms with Crippen molar-refractivity contribution in [3.63, 3.8) is 0 Å². The average molecular weight is 264 g/mol. The summed E-state index contributed by atoms with van der Waals surface area (Å²) in [5.74, 6) is 0.215. The molecule has 5 heteroatoms. The van der Waals surface area contributed by atoms with Gasteiger partial charge in [0.1, 0.15) is 0 Å². The Bertz CT molecular complexity index is 470. The molecule has 2 rings (SSSR count). The summed E-state index contributed by atoms with van der Waals surface area (Å²) in [6.45, 7) is 2.90. The number of aliphatic hydroxyl groups excluding tert-OH is 1. The predicted molar refractivity (Wildman–Crippen MR) is 73.1 cm³/mol. The summed E-state index contributed by atoms with van der Waals surface area (Å²) in [7, 11) is 0. The number of amides is 1. The Morgan fingerprint density at radius 3 is 2.84 bits per heavy atom. The van der Waals surface area contributed by atoms with Gasteiger partial charge in [0.15, 0.2) is 5.75 Å². The van der Waals surface area contributed by atoms with Gasteiger partial charge in [-0.2, -0.15) is 0 Å². The molecule has 0 spiro atoms.